The second kappa shape index (κ2) is 17.0. The van der Waals surface area contributed by atoms with Crippen molar-refractivity contribution >= 4 is 19.5 Å². The second-order valence-corrected chi connectivity index (χ2v) is 8.95. The molecule has 0 rings (SSSR count). The van der Waals surface area contributed by atoms with E-state index in [4.69, 9.17) is 18.5 Å². The second-order valence-electron chi connectivity index (χ2n) is 6.73. The number of hydrogen-bond donors (Lipinski definition) is 0. The van der Waals surface area contributed by atoms with Gasteiger partial charge < -0.3 is 18.5 Å². The molecule has 0 saturated carbocycles. The highest BCUT2D eigenvalue weighted by Crippen LogP contribution is 2.55. The average molecular weight is 422 g/mol. The van der Waals surface area contributed by atoms with E-state index in [9.17, 15) is 14.2 Å². The molecule has 0 aliphatic carbocycles. The van der Waals surface area contributed by atoms with Crippen molar-refractivity contribution in [3.05, 3.63) is 0 Å². The summed E-state index contributed by atoms with van der Waals surface area (Å²) in [6.45, 7) is 8.79. The zero-order valence-electron chi connectivity index (χ0n) is 18.1. The Balaban J connectivity index is 5.31. The summed E-state index contributed by atoms with van der Waals surface area (Å²) in [5, 5.41) is 0. The van der Waals surface area contributed by atoms with Gasteiger partial charge in [-0.2, -0.15) is 0 Å². The van der Waals surface area contributed by atoms with Crippen molar-refractivity contribution < 1.29 is 32.7 Å². The Morgan fingerprint density at radius 1 is 0.714 bits per heavy atom. The monoisotopic (exact) mass is 422 g/mol. The third-order valence-electron chi connectivity index (χ3n) is 4.06. The van der Waals surface area contributed by atoms with Crippen molar-refractivity contribution in [2.45, 2.75) is 91.1 Å². The Bertz CT molecular complexity index is 453. The SMILES string of the molecule is CCCCOC(=O)CC(C(=O)OCCCC)P(=O)(OCCCC)OCCCC. The fraction of sp³-hybridized carbons (Fsp3) is 0.900. The van der Waals surface area contributed by atoms with Gasteiger partial charge in [-0.3, -0.25) is 14.2 Å². The summed E-state index contributed by atoms with van der Waals surface area (Å²) in [5.41, 5.74) is -1.30. The molecule has 1 unspecified atom stereocenters. The van der Waals surface area contributed by atoms with Gasteiger partial charge in [-0.15, -0.1) is 0 Å². The van der Waals surface area contributed by atoms with Crippen LogP contribution in [0.25, 0.3) is 0 Å². The zero-order valence-corrected chi connectivity index (χ0v) is 19.0. The molecule has 0 aliphatic rings. The third kappa shape index (κ3) is 11.8. The fourth-order valence-electron chi connectivity index (χ4n) is 2.17. The molecule has 8 heteroatoms. The van der Waals surface area contributed by atoms with E-state index >= 15 is 0 Å². The van der Waals surface area contributed by atoms with E-state index in [0.29, 0.717) is 19.3 Å². The predicted octanol–water partition coefficient (Wildman–Crippen LogP) is 5.26. The molecular weight excluding hydrogens is 383 g/mol. The van der Waals surface area contributed by atoms with E-state index in [0.717, 1.165) is 32.1 Å². The average Bonchev–Trinajstić information content (AvgIpc) is 2.67. The van der Waals surface area contributed by atoms with E-state index in [2.05, 4.69) is 0 Å². The van der Waals surface area contributed by atoms with Crippen molar-refractivity contribution in [3.8, 4) is 0 Å². The van der Waals surface area contributed by atoms with Crippen LogP contribution in [-0.4, -0.2) is 44.0 Å². The first-order chi connectivity index (χ1) is 13.4. The minimum Gasteiger partial charge on any atom is -0.466 e. The molecule has 1 atom stereocenters. The largest absolute Gasteiger partial charge is 0.466 e. The van der Waals surface area contributed by atoms with Crippen LogP contribution in [0.15, 0.2) is 0 Å². The smallest absolute Gasteiger partial charge is 0.345 e. The maximum Gasteiger partial charge on any atom is 0.345 e. The third-order valence-corrected chi connectivity index (χ3v) is 6.30. The molecule has 0 bridgehead atoms. The lowest BCUT2D eigenvalue weighted by molar-refractivity contribution is -0.150. The minimum atomic E-state index is -3.86. The van der Waals surface area contributed by atoms with Gasteiger partial charge in [-0.1, -0.05) is 53.4 Å². The summed E-state index contributed by atoms with van der Waals surface area (Å²) in [4.78, 5) is 24.8. The van der Waals surface area contributed by atoms with E-state index in [-0.39, 0.29) is 32.8 Å². The molecule has 0 radical (unpaired) electrons. The van der Waals surface area contributed by atoms with E-state index < -0.39 is 25.2 Å². The summed E-state index contributed by atoms with van der Waals surface area (Å²) < 4.78 is 35.0. The molecule has 28 heavy (non-hydrogen) atoms. The maximum absolute atomic E-state index is 13.4. The number of esters is 2. The van der Waals surface area contributed by atoms with Crippen LogP contribution in [0.2, 0.25) is 0 Å². The molecule has 0 aromatic rings. The van der Waals surface area contributed by atoms with Crippen LogP contribution < -0.4 is 0 Å². The number of hydrogen-bond acceptors (Lipinski definition) is 7. The number of ether oxygens (including phenoxy) is 2. The van der Waals surface area contributed by atoms with Crippen LogP contribution in [0.3, 0.4) is 0 Å². The van der Waals surface area contributed by atoms with Gasteiger partial charge in [0.05, 0.1) is 32.8 Å². The van der Waals surface area contributed by atoms with Crippen LogP contribution >= 0.6 is 7.60 Å². The van der Waals surface area contributed by atoms with Gasteiger partial charge in [0.2, 0.25) is 0 Å². The first-order valence-electron chi connectivity index (χ1n) is 10.7. The van der Waals surface area contributed by atoms with Crippen LogP contribution in [0.1, 0.15) is 85.5 Å². The van der Waals surface area contributed by atoms with Crippen LogP contribution in [0.5, 0.6) is 0 Å². The summed E-state index contributed by atoms with van der Waals surface area (Å²) >= 11 is 0. The van der Waals surface area contributed by atoms with Gasteiger partial charge in [-0.25, -0.2) is 0 Å². The summed E-state index contributed by atoms with van der Waals surface area (Å²) in [7, 11) is -3.86. The molecule has 0 heterocycles. The molecule has 7 nitrogen and oxygen atoms in total. The first-order valence-corrected chi connectivity index (χ1v) is 12.3. The lowest BCUT2D eigenvalue weighted by atomic mass is 10.3. The quantitative estimate of drug-likeness (QED) is 0.169. The minimum absolute atomic E-state index is 0.198. The van der Waals surface area contributed by atoms with Gasteiger partial charge >= 0.3 is 19.5 Å². The maximum atomic E-state index is 13.4. The number of rotatable bonds is 18. The molecule has 0 fully saturated rings. The fourth-order valence-corrected chi connectivity index (χ4v) is 4.08. The highest BCUT2D eigenvalue weighted by atomic mass is 31.2. The normalized spacial score (nSPS) is 12.6. The van der Waals surface area contributed by atoms with Gasteiger partial charge in [0.25, 0.3) is 0 Å². The Morgan fingerprint density at radius 3 is 1.61 bits per heavy atom. The molecule has 0 aliphatic heterocycles. The first kappa shape index (κ1) is 27.1. The molecule has 0 spiro atoms. The number of carbonyl (C=O) groups is 2. The highest BCUT2D eigenvalue weighted by Gasteiger charge is 2.44. The number of unbranched alkanes of at least 4 members (excludes halogenated alkanes) is 4. The predicted molar refractivity (Wildman–Crippen MR) is 109 cm³/mol. The molecule has 0 N–H and O–H groups in total. The molecule has 0 aromatic heterocycles. The van der Waals surface area contributed by atoms with E-state index in [1.807, 2.05) is 27.7 Å². The highest BCUT2D eigenvalue weighted by molar-refractivity contribution is 7.55. The topological polar surface area (TPSA) is 88.1 Å². The van der Waals surface area contributed by atoms with Crippen LogP contribution in [-0.2, 0) is 32.7 Å². The Labute approximate surface area is 170 Å². The van der Waals surface area contributed by atoms with Gasteiger partial charge in [-0.05, 0) is 25.7 Å². The molecule has 0 saturated heterocycles. The summed E-state index contributed by atoms with van der Waals surface area (Å²) in [6, 6.07) is 0. The van der Waals surface area contributed by atoms with E-state index in [1.54, 1.807) is 0 Å². The lowest BCUT2D eigenvalue weighted by Crippen LogP contribution is -2.30. The zero-order chi connectivity index (χ0) is 21.3. The van der Waals surface area contributed by atoms with Crippen molar-refractivity contribution in [1.82, 2.24) is 0 Å². The van der Waals surface area contributed by atoms with Crippen molar-refractivity contribution in [3.63, 3.8) is 0 Å². The van der Waals surface area contributed by atoms with Gasteiger partial charge in [0.15, 0.2) is 5.66 Å². The lowest BCUT2D eigenvalue weighted by Gasteiger charge is -2.25. The van der Waals surface area contributed by atoms with Crippen molar-refractivity contribution in [1.29, 1.82) is 0 Å². The Kier molecular flexibility index (Phi) is 16.4. The van der Waals surface area contributed by atoms with Crippen molar-refractivity contribution in [2.75, 3.05) is 26.4 Å². The summed E-state index contributed by atoms with van der Waals surface area (Å²) in [6.07, 6.45) is 5.85. The summed E-state index contributed by atoms with van der Waals surface area (Å²) in [5.74, 6) is -1.32. The van der Waals surface area contributed by atoms with Crippen LogP contribution in [0.4, 0.5) is 0 Å². The molecule has 166 valence electrons. The standard InChI is InChI=1S/C20H39O7P/c1-5-9-13-24-19(21)17-18(20(22)25-14-10-6-2)28(23,26-15-11-7-3)27-16-12-8-4/h18H,5-17H2,1-4H3. The molecule has 0 aromatic carbocycles. The molecular formula is C20H39O7P. The van der Waals surface area contributed by atoms with Gasteiger partial charge in [0.1, 0.15) is 0 Å². The van der Waals surface area contributed by atoms with Gasteiger partial charge in [0, 0.05) is 0 Å². The van der Waals surface area contributed by atoms with E-state index in [1.165, 1.54) is 0 Å². The Hall–Kier alpha value is -0.910. The number of carbonyl (C=O) groups excluding carboxylic acids is 2. The Morgan fingerprint density at radius 2 is 1.14 bits per heavy atom. The van der Waals surface area contributed by atoms with Crippen LogP contribution in [0, 0.1) is 0 Å². The van der Waals surface area contributed by atoms with Crippen molar-refractivity contribution in [2.24, 2.45) is 0 Å². The molecule has 0 amide bonds.